The zero-order valence-electron chi connectivity index (χ0n) is 15.4. The molecule has 23 heavy (non-hydrogen) atoms. The molecule has 0 aromatic heterocycles. The predicted molar refractivity (Wildman–Crippen MR) is 102 cm³/mol. The molecular formula is C22H30N+. The number of benzene rings is 1. The number of allylic oxidation sites excluding steroid dienone is 3. The first-order chi connectivity index (χ1) is 10.7. The molecule has 1 aliphatic carbocycles. The predicted octanol–water partition coefficient (Wildman–Crippen LogP) is 5.76. The molecular weight excluding hydrogens is 278 g/mol. The van der Waals surface area contributed by atoms with Gasteiger partial charge >= 0.3 is 0 Å². The van der Waals surface area contributed by atoms with Gasteiger partial charge in [0.15, 0.2) is 11.2 Å². The van der Waals surface area contributed by atoms with Crippen LogP contribution in [0.3, 0.4) is 0 Å². The Morgan fingerprint density at radius 1 is 1.26 bits per heavy atom. The SMILES string of the molecule is C=C(C)/C=C(\CC)[N+](=C)C1(C)CC1(C)C(=C)c1ccccc1C. The quantitative estimate of drug-likeness (QED) is 0.357. The highest BCUT2D eigenvalue weighted by molar-refractivity contribution is 5.74. The minimum atomic E-state index is 0.00363. The molecule has 1 aromatic rings. The van der Waals surface area contributed by atoms with Gasteiger partial charge in [0.05, 0.1) is 5.41 Å². The van der Waals surface area contributed by atoms with Crippen LogP contribution < -0.4 is 0 Å². The summed E-state index contributed by atoms with van der Waals surface area (Å²) in [5, 5.41) is 0. The lowest BCUT2D eigenvalue weighted by Gasteiger charge is -2.21. The summed E-state index contributed by atoms with van der Waals surface area (Å²) in [5.41, 5.74) is 6.14. The van der Waals surface area contributed by atoms with Gasteiger partial charge in [-0.2, -0.15) is 0 Å². The summed E-state index contributed by atoms with van der Waals surface area (Å²) in [6.45, 7) is 23.8. The largest absolute Gasteiger partial charge is 0.203 e. The number of aryl methyl sites for hydroxylation is 1. The van der Waals surface area contributed by atoms with Crippen molar-refractivity contribution in [2.24, 2.45) is 5.41 Å². The minimum Gasteiger partial charge on any atom is -0.203 e. The lowest BCUT2D eigenvalue weighted by atomic mass is 9.86. The van der Waals surface area contributed by atoms with E-state index in [9.17, 15) is 0 Å². The summed E-state index contributed by atoms with van der Waals surface area (Å²) in [7, 11) is 0. The first kappa shape index (κ1) is 17.5. The number of hydrogen-bond donors (Lipinski definition) is 0. The molecule has 0 N–H and O–H groups in total. The van der Waals surface area contributed by atoms with Crippen LogP contribution in [0.2, 0.25) is 0 Å². The van der Waals surface area contributed by atoms with E-state index in [0.717, 1.165) is 18.4 Å². The highest BCUT2D eigenvalue weighted by atomic mass is 15.2. The van der Waals surface area contributed by atoms with Crippen LogP contribution in [0.4, 0.5) is 0 Å². The summed E-state index contributed by atoms with van der Waals surface area (Å²) in [6.07, 6.45) is 4.18. The molecule has 1 nitrogen and oxygen atoms in total. The molecule has 0 radical (unpaired) electrons. The Labute approximate surface area is 141 Å². The summed E-state index contributed by atoms with van der Waals surface area (Å²) < 4.78 is 2.20. The fourth-order valence-corrected chi connectivity index (χ4v) is 3.65. The summed E-state index contributed by atoms with van der Waals surface area (Å²) in [4.78, 5) is 0. The highest BCUT2D eigenvalue weighted by Gasteiger charge is 2.71. The van der Waals surface area contributed by atoms with Crippen molar-refractivity contribution in [3.63, 3.8) is 0 Å². The van der Waals surface area contributed by atoms with Crippen molar-refractivity contribution in [3.05, 3.63) is 65.9 Å². The Morgan fingerprint density at radius 2 is 1.87 bits per heavy atom. The van der Waals surface area contributed by atoms with Crippen molar-refractivity contribution in [2.45, 2.75) is 53.0 Å². The summed E-state index contributed by atoms with van der Waals surface area (Å²) in [6, 6.07) is 8.51. The van der Waals surface area contributed by atoms with Crippen molar-refractivity contribution in [2.75, 3.05) is 0 Å². The van der Waals surface area contributed by atoms with Gasteiger partial charge in [-0.15, -0.1) is 0 Å². The Kier molecular flexibility index (Phi) is 4.52. The molecule has 2 unspecified atom stereocenters. The Hall–Kier alpha value is -1.89. The first-order valence-electron chi connectivity index (χ1n) is 8.39. The smallest absolute Gasteiger partial charge is 0.181 e. The molecule has 0 saturated heterocycles. The monoisotopic (exact) mass is 308 g/mol. The standard InChI is InChI=1S/C22H30N/c1-9-19(14-16(2)3)23(8)22(7)15-21(22,6)18(5)20-13-11-10-12-17(20)4/h10-14H,2,5,8-9,15H2,1,3-4,6-7H3/q+1/b19-14+. The molecule has 1 fully saturated rings. The normalized spacial score (nSPS) is 26.7. The third-order valence-electron chi connectivity index (χ3n) is 5.62. The van der Waals surface area contributed by atoms with Gasteiger partial charge in [0.25, 0.3) is 0 Å². The van der Waals surface area contributed by atoms with E-state index >= 15 is 0 Å². The number of hydrogen-bond acceptors (Lipinski definition) is 0. The van der Waals surface area contributed by atoms with Crippen molar-refractivity contribution in [3.8, 4) is 0 Å². The van der Waals surface area contributed by atoms with Gasteiger partial charge in [0.2, 0.25) is 0 Å². The zero-order valence-corrected chi connectivity index (χ0v) is 15.4. The second kappa shape index (κ2) is 5.96. The van der Waals surface area contributed by atoms with Gasteiger partial charge in [-0.3, -0.25) is 0 Å². The van der Waals surface area contributed by atoms with Gasteiger partial charge in [-0.25, -0.2) is 4.58 Å². The van der Waals surface area contributed by atoms with E-state index in [1.165, 1.54) is 22.4 Å². The maximum atomic E-state index is 4.45. The van der Waals surface area contributed by atoms with Gasteiger partial charge in [-0.05, 0) is 37.5 Å². The fourth-order valence-electron chi connectivity index (χ4n) is 3.65. The van der Waals surface area contributed by atoms with Crippen LogP contribution in [0.1, 0.15) is 51.7 Å². The average molecular weight is 308 g/mol. The second-order valence-electron chi connectivity index (χ2n) is 7.34. The average Bonchev–Trinajstić information content (AvgIpc) is 3.08. The lowest BCUT2D eigenvalue weighted by molar-refractivity contribution is -0.530. The van der Waals surface area contributed by atoms with E-state index in [2.05, 4.69) is 82.5 Å². The Balaban J connectivity index is 2.34. The van der Waals surface area contributed by atoms with E-state index in [0.29, 0.717) is 0 Å². The first-order valence-corrected chi connectivity index (χ1v) is 8.39. The molecule has 1 aliphatic rings. The topological polar surface area (TPSA) is 3.01 Å². The maximum absolute atomic E-state index is 4.45. The second-order valence-corrected chi connectivity index (χ2v) is 7.34. The van der Waals surface area contributed by atoms with Crippen molar-refractivity contribution in [1.29, 1.82) is 0 Å². The third-order valence-corrected chi connectivity index (χ3v) is 5.62. The molecule has 0 bridgehead atoms. The van der Waals surface area contributed by atoms with Crippen LogP contribution in [0.25, 0.3) is 5.57 Å². The van der Waals surface area contributed by atoms with Gasteiger partial charge in [0, 0.05) is 25.8 Å². The molecule has 0 spiro atoms. The molecule has 1 aromatic carbocycles. The van der Waals surface area contributed by atoms with Crippen LogP contribution in [-0.2, 0) is 0 Å². The highest BCUT2D eigenvalue weighted by Crippen LogP contribution is 2.65. The summed E-state index contributed by atoms with van der Waals surface area (Å²) in [5.74, 6) is 0. The third kappa shape index (κ3) is 2.85. The van der Waals surface area contributed by atoms with Crippen molar-refractivity contribution in [1.82, 2.24) is 0 Å². The van der Waals surface area contributed by atoms with Crippen LogP contribution in [0.5, 0.6) is 0 Å². The molecule has 0 heterocycles. The maximum Gasteiger partial charge on any atom is 0.181 e. The molecule has 1 saturated carbocycles. The molecule has 0 aliphatic heterocycles. The van der Waals surface area contributed by atoms with E-state index in [4.69, 9.17) is 0 Å². The Bertz CT molecular complexity index is 706. The summed E-state index contributed by atoms with van der Waals surface area (Å²) >= 11 is 0. The fraction of sp³-hybridized carbons (Fsp3) is 0.409. The van der Waals surface area contributed by atoms with Crippen LogP contribution in [0, 0.1) is 12.3 Å². The van der Waals surface area contributed by atoms with E-state index in [1.807, 2.05) is 6.92 Å². The lowest BCUT2D eigenvalue weighted by Crippen LogP contribution is -2.30. The zero-order chi connectivity index (χ0) is 17.4. The molecule has 1 heteroatoms. The van der Waals surface area contributed by atoms with E-state index in [1.54, 1.807) is 0 Å². The van der Waals surface area contributed by atoms with Crippen LogP contribution in [-0.4, -0.2) is 16.8 Å². The molecule has 122 valence electrons. The molecule has 2 rings (SSSR count). The molecule has 2 atom stereocenters. The molecule has 0 amide bonds. The van der Waals surface area contributed by atoms with Crippen LogP contribution >= 0.6 is 0 Å². The van der Waals surface area contributed by atoms with Crippen molar-refractivity contribution >= 4 is 12.3 Å². The Morgan fingerprint density at radius 3 is 2.39 bits per heavy atom. The number of nitrogens with zero attached hydrogens (tertiary/aromatic N) is 1. The van der Waals surface area contributed by atoms with E-state index < -0.39 is 0 Å². The van der Waals surface area contributed by atoms with Gasteiger partial charge in [0.1, 0.15) is 6.72 Å². The minimum absolute atomic E-state index is 0.00363. The van der Waals surface area contributed by atoms with Gasteiger partial charge < -0.3 is 0 Å². The van der Waals surface area contributed by atoms with Gasteiger partial charge in [-0.1, -0.05) is 49.9 Å². The van der Waals surface area contributed by atoms with Crippen molar-refractivity contribution < 1.29 is 4.58 Å². The number of rotatable bonds is 6. The van der Waals surface area contributed by atoms with Crippen LogP contribution in [0.15, 0.2) is 54.8 Å². The van der Waals surface area contributed by atoms with E-state index in [-0.39, 0.29) is 11.0 Å².